The van der Waals surface area contributed by atoms with Crippen molar-refractivity contribution in [2.45, 2.75) is 39.5 Å². The fourth-order valence-corrected chi connectivity index (χ4v) is 1.38. The van der Waals surface area contributed by atoms with E-state index in [-0.39, 0.29) is 18.6 Å². The Hall–Kier alpha value is -1.62. The quantitative estimate of drug-likeness (QED) is 0.784. The molecule has 0 bridgehead atoms. The molecule has 0 spiro atoms. The van der Waals surface area contributed by atoms with Crippen molar-refractivity contribution in [3.8, 4) is 0 Å². The van der Waals surface area contributed by atoms with E-state index >= 15 is 0 Å². The van der Waals surface area contributed by atoms with Gasteiger partial charge in [-0.1, -0.05) is 6.07 Å². The Morgan fingerprint density at radius 1 is 1.47 bits per heavy atom. The molecule has 1 rings (SSSR count). The molecule has 0 fully saturated rings. The van der Waals surface area contributed by atoms with Gasteiger partial charge in [0.25, 0.3) is 5.56 Å². The molecule has 0 aromatic carbocycles. The first-order chi connectivity index (χ1) is 7.83. The van der Waals surface area contributed by atoms with Crippen LogP contribution in [0.3, 0.4) is 0 Å². The Labute approximate surface area is 100 Å². The molecule has 5 nitrogen and oxygen atoms in total. The highest BCUT2D eigenvalue weighted by molar-refractivity contribution is 5.69. The van der Waals surface area contributed by atoms with E-state index in [4.69, 9.17) is 10.5 Å². The van der Waals surface area contributed by atoms with Crippen LogP contribution in [0.2, 0.25) is 0 Å². The second-order valence-corrected chi connectivity index (χ2v) is 4.76. The summed E-state index contributed by atoms with van der Waals surface area (Å²) in [6.07, 6.45) is 1.55. The molecule has 17 heavy (non-hydrogen) atoms. The van der Waals surface area contributed by atoms with Gasteiger partial charge in [0, 0.05) is 18.3 Å². The first-order valence-electron chi connectivity index (χ1n) is 5.44. The van der Waals surface area contributed by atoms with E-state index in [0.29, 0.717) is 5.56 Å². The van der Waals surface area contributed by atoms with Crippen LogP contribution in [0.5, 0.6) is 0 Å². The van der Waals surface area contributed by atoms with E-state index in [1.54, 1.807) is 39.1 Å². The second kappa shape index (κ2) is 5.14. The van der Waals surface area contributed by atoms with E-state index in [0.717, 1.165) is 0 Å². The standard InChI is InChI=1S/C12H18N2O3/c1-12(2,3)17-10(15)8-14-6-4-5-9(7-13)11(14)16/h4-6H,7-8,13H2,1-3H3. The number of esters is 1. The molecular weight excluding hydrogens is 220 g/mol. The van der Waals surface area contributed by atoms with Crippen LogP contribution < -0.4 is 11.3 Å². The number of aromatic nitrogens is 1. The summed E-state index contributed by atoms with van der Waals surface area (Å²) in [5.74, 6) is -0.436. The van der Waals surface area contributed by atoms with E-state index in [2.05, 4.69) is 0 Å². The van der Waals surface area contributed by atoms with Crippen LogP contribution in [0.4, 0.5) is 0 Å². The Morgan fingerprint density at radius 3 is 2.65 bits per heavy atom. The zero-order valence-electron chi connectivity index (χ0n) is 10.4. The summed E-state index contributed by atoms with van der Waals surface area (Å²) in [7, 11) is 0. The zero-order valence-corrected chi connectivity index (χ0v) is 10.4. The lowest BCUT2D eigenvalue weighted by Gasteiger charge is -2.19. The summed E-state index contributed by atoms with van der Waals surface area (Å²) in [5.41, 5.74) is 5.11. The van der Waals surface area contributed by atoms with Crippen LogP contribution in [0.1, 0.15) is 26.3 Å². The molecule has 0 saturated heterocycles. The molecule has 0 aliphatic rings. The van der Waals surface area contributed by atoms with Gasteiger partial charge in [0.05, 0.1) is 0 Å². The topological polar surface area (TPSA) is 74.3 Å². The molecule has 1 aromatic rings. The summed E-state index contributed by atoms with van der Waals surface area (Å²) in [5, 5.41) is 0. The predicted octanol–water partition coefficient (Wildman–Crippen LogP) is 0.649. The average molecular weight is 238 g/mol. The van der Waals surface area contributed by atoms with Gasteiger partial charge in [-0.2, -0.15) is 0 Å². The molecule has 0 radical (unpaired) electrons. The summed E-state index contributed by atoms with van der Waals surface area (Å²) in [6, 6.07) is 3.34. The van der Waals surface area contributed by atoms with Crippen LogP contribution in [0, 0.1) is 0 Å². The molecule has 5 heteroatoms. The third kappa shape index (κ3) is 4.03. The molecule has 2 N–H and O–H groups in total. The first kappa shape index (κ1) is 13.4. The maximum atomic E-state index is 11.8. The first-order valence-corrected chi connectivity index (χ1v) is 5.44. The molecule has 0 aliphatic carbocycles. The lowest BCUT2D eigenvalue weighted by molar-refractivity contribution is -0.155. The fourth-order valence-electron chi connectivity index (χ4n) is 1.38. The number of hydrogen-bond acceptors (Lipinski definition) is 4. The van der Waals surface area contributed by atoms with Crippen LogP contribution >= 0.6 is 0 Å². The maximum Gasteiger partial charge on any atom is 0.326 e. The summed E-state index contributed by atoms with van der Waals surface area (Å²) in [4.78, 5) is 23.3. The van der Waals surface area contributed by atoms with Crippen molar-refractivity contribution in [1.82, 2.24) is 4.57 Å². The molecule has 1 aromatic heterocycles. The Kier molecular flexibility index (Phi) is 4.07. The molecule has 1 heterocycles. The molecular formula is C12H18N2O3. The van der Waals surface area contributed by atoms with Crippen LogP contribution in [0.25, 0.3) is 0 Å². The van der Waals surface area contributed by atoms with E-state index < -0.39 is 11.6 Å². The van der Waals surface area contributed by atoms with Crippen molar-refractivity contribution < 1.29 is 9.53 Å². The Morgan fingerprint density at radius 2 is 2.12 bits per heavy atom. The molecule has 0 amide bonds. The van der Waals surface area contributed by atoms with E-state index in [1.165, 1.54) is 4.57 Å². The number of hydrogen-bond donors (Lipinski definition) is 1. The van der Waals surface area contributed by atoms with Gasteiger partial charge < -0.3 is 15.0 Å². The highest BCUT2D eigenvalue weighted by atomic mass is 16.6. The van der Waals surface area contributed by atoms with Gasteiger partial charge in [-0.3, -0.25) is 9.59 Å². The van der Waals surface area contributed by atoms with Gasteiger partial charge in [0.2, 0.25) is 0 Å². The van der Waals surface area contributed by atoms with Crippen LogP contribution in [-0.2, 0) is 22.6 Å². The number of nitrogens with two attached hydrogens (primary N) is 1. The van der Waals surface area contributed by atoms with Crippen molar-refractivity contribution >= 4 is 5.97 Å². The molecule has 94 valence electrons. The van der Waals surface area contributed by atoms with Crippen molar-refractivity contribution in [1.29, 1.82) is 0 Å². The van der Waals surface area contributed by atoms with Crippen molar-refractivity contribution in [3.63, 3.8) is 0 Å². The normalized spacial score (nSPS) is 11.3. The minimum Gasteiger partial charge on any atom is -0.459 e. The molecule has 0 saturated carbocycles. The number of pyridine rings is 1. The molecule has 0 unspecified atom stereocenters. The van der Waals surface area contributed by atoms with Gasteiger partial charge in [-0.05, 0) is 26.8 Å². The van der Waals surface area contributed by atoms with Crippen LogP contribution in [-0.4, -0.2) is 16.1 Å². The summed E-state index contributed by atoms with van der Waals surface area (Å²) >= 11 is 0. The Balaban J connectivity index is 2.83. The van der Waals surface area contributed by atoms with Gasteiger partial charge in [0.15, 0.2) is 0 Å². The average Bonchev–Trinajstić information content (AvgIpc) is 2.18. The third-order valence-electron chi connectivity index (χ3n) is 2.04. The number of nitrogens with zero attached hydrogens (tertiary/aromatic N) is 1. The van der Waals surface area contributed by atoms with Crippen LogP contribution in [0.15, 0.2) is 23.1 Å². The smallest absolute Gasteiger partial charge is 0.326 e. The monoisotopic (exact) mass is 238 g/mol. The number of rotatable bonds is 3. The minimum atomic E-state index is -0.549. The number of carbonyl (C=O) groups is 1. The SMILES string of the molecule is CC(C)(C)OC(=O)Cn1cccc(CN)c1=O. The molecule has 0 atom stereocenters. The van der Waals surface area contributed by atoms with E-state index in [9.17, 15) is 9.59 Å². The number of carbonyl (C=O) groups excluding carboxylic acids is 1. The van der Waals surface area contributed by atoms with Gasteiger partial charge in [0.1, 0.15) is 12.1 Å². The highest BCUT2D eigenvalue weighted by Gasteiger charge is 2.17. The lowest BCUT2D eigenvalue weighted by atomic mass is 10.2. The number of ether oxygens (including phenoxy) is 1. The van der Waals surface area contributed by atoms with Crippen molar-refractivity contribution in [2.24, 2.45) is 5.73 Å². The van der Waals surface area contributed by atoms with Crippen molar-refractivity contribution in [3.05, 3.63) is 34.2 Å². The minimum absolute atomic E-state index is 0.0933. The highest BCUT2D eigenvalue weighted by Crippen LogP contribution is 2.07. The van der Waals surface area contributed by atoms with Crippen molar-refractivity contribution in [2.75, 3.05) is 0 Å². The molecule has 0 aliphatic heterocycles. The maximum absolute atomic E-state index is 11.8. The summed E-state index contributed by atoms with van der Waals surface area (Å²) in [6.45, 7) is 5.41. The van der Waals surface area contributed by atoms with Gasteiger partial charge in [-0.15, -0.1) is 0 Å². The van der Waals surface area contributed by atoms with E-state index in [1.807, 2.05) is 0 Å². The Bertz CT molecular complexity index is 458. The summed E-state index contributed by atoms with van der Waals surface area (Å²) < 4.78 is 6.44. The second-order valence-electron chi connectivity index (χ2n) is 4.76. The largest absolute Gasteiger partial charge is 0.459 e. The van der Waals surface area contributed by atoms with Gasteiger partial charge >= 0.3 is 5.97 Å². The zero-order chi connectivity index (χ0) is 13.1. The lowest BCUT2D eigenvalue weighted by Crippen LogP contribution is -2.31. The third-order valence-corrected chi connectivity index (χ3v) is 2.04. The fraction of sp³-hybridized carbons (Fsp3) is 0.500. The predicted molar refractivity (Wildman–Crippen MR) is 64.4 cm³/mol. The van der Waals surface area contributed by atoms with Gasteiger partial charge in [-0.25, -0.2) is 0 Å².